The summed E-state index contributed by atoms with van der Waals surface area (Å²) in [6, 6.07) is 10.6. The van der Waals surface area contributed by atoms with Crippen LogP contribution in [-0.2, 0) is 0 Å². The van der Waals surface area contributed by atoms with Crippen LogP contribution in [0.5, 0.6) is 0 Å². The van der Waals surface area contributed by atoms with Gasteiger partial charge in [0.25, 0.3) is 0 Å². The van der Waals surface area contributed by atoms with Crippen LogP contribution in [-0.4, -0.2) is 4.98 Å². The Bertz CT molecular complexity index is 400. The van der Waals surface area contributed by atoms with Gasteiger partial charge in [-0.05, 0) is 23.9 Å². The van der Waals surface area contributed by atoms with E-state index in [4.69, 9.17) is 0 Å². The van der Waals surface area contributed by atoms with E-state index in [-0.39, 0.29) is 0 Å². The van der Waals surface area contributed by atoms with Crippen molar-refractivity contribution in [2.45, 2.75) is 31.4 Å². The van der Waals surface area contributed by atoms with Crippen LogP contribution >= 0.6 is 12.6 Å². The lowest BCUT2D eigenvalue weighted by atomic mass is 10.1. The summed E-state index contributed by atoms with van der Waals surface area (Å²) in [6.45, 7) is 2.21. The summed E-state index contributed by atoms with van der Waals surface area (Å²) in [5.74, 6) is 0. The zero-order valence-electron chi connectivity index (χ0n) is 9.03. The standard InChI is InChI=1S/C13H17NS/c1-2-3-8-13(15)12-9-10-6-4-5-7-11(10)14-12/h4-7,9,13-15H,2-3,8H2,1H3. The molecule has 0 radical (unpaired) electrons. The van der Waals surface area contributed by atoms with Gasteiger partial charge < -0.3 is 4.98 Å². The number of fused-ring (bicyclic) bond motifs is 1. The molecular weight excluding hydrogens is 202 g/mol. The molecule has 2 heteroatoms. The van der Waals surface area contributed by atoms with E-state index in [0.717, 1.165) is 6.42 Å². The minimum Gasteiger partial charge on any atom is -0.357 e. The molecular formula is C13H17NS. The highest BCUT2D eigenvalue weighted by atomic mass is 32.1. The average molecular weight is 219 g/mol. The molecule has 80 valence electrons. The summed E-state index contributed by atoms with van der Waals surface area (Å²) in [5, 5.41) is 1.63. The molecule has 1 aromatic carbocycles. The smallest absolute Gasteiger partial charge is 0.0456 e. The van der Waals surface area contributed by atoms with E-state index in [2.05, 4.69) is 54.9 Å². The maximum absolute atomic E-state index is 4.63. The first kappa shape index (κ1) is 10.6. The third kappa shape index (κ3) is 2.37. The Morgan fingerprint density at radius 3 is 2.87 bits per heavy atom. The minimum atomic E-state index is 0.345. The first-order valence-electron chi connectivity index (χ1n) is 5.57. The van der Waals surface area contributed by atoms with Crippen LogP contribution in [0, 0.1) is 0 Å². The van der Waals surface area contributed by atoms with Gasteiger partial charge in [0.15, 0.2) is 0 Å². The minimum absolute atomic E-state index is 0.345. The van der Waals surface area contributed by atoms with E-state index in [1.54, 1.807) is 0 Å². The van der Waals surface area contributed by atoms with Crippen LogP contribution < -0.4 is 0 Å². The first-order valence-corrected chi connectivity index (χ1v) is 6.08. The Balaban J connectivity index is 2.20. The summed E-state index contributed by atoms with van der Waals surface area (Å²) in [5.41, 5.74) is 2.45. The lowest BCUT2D eigenvalue weighted by Crippen LogP contribution is -1.90. The number of benzene rings is 1. The molecule has 0 fully saturated rings. The van der Waals surface area contributed by atoms with Gasteiger partial charge in [-0.25, -0.2) is 0 Å². The summed E-state index contributed by atoms with van der Waals surface area (Å²) in [7, 11) is 0. The first-order chi connectivity index (χ1) is 7.31. The zero-order valence-corrected chi connectivity index (χ0v) is 9.93. The highest BCUT2D eigenvalue weighted by Gasteiger charge is 2.08. The van der Waals surface area contributed by atoms with Crippen molar-refractivity contribution in [2.24, 2.45) is 0 Å². The lowest BCUT2D eigenvalue weighted by Gasteiger charge is -2.06. The molecule has 1 heterocycles. The van der Waals surface area contributed by atoms with E-state index in [0.29, 0.717) is 5.25 Å². The number of rotatable bonds is 4. The van der Waals surface area contributed by atoms with Gasteiger partial charge in [-0.1, -0.05) is 38.0 Å². The number of aromatic nitrogens is 1. The van der Waals surface area contributed by atoms with Crippen LogP contribution in [0.2, 0.25) is 0 Å². The topological polar surface area (TPSA) is 15.8 Å². The number of aromatic amines is 1. The number of hydrogen-bond acceptors (Lipinski definition) is 1. The Hall–Kier alpha value is -0.890. The van der Waals surface area contributed by atoms with Crippen LogP contribution in [0.25, 0.3) is 10.9 Å². The number of nitrogens with one attached hydrogen (secondary N) is 1. The highest BCUT2D eigenvalue weighted by molar-refractivity contribution is 7.80. The molecule has 1 aromatic heterocycles. The molecule has 1 N–H and O–H groups in total. The third-order valence-corrected chi connectivity index (χ3v) is 3.28. The van der Waals surface area contributed by atoms with Crippen LogP contribution in [0.3, 0.4) is 0 Å². The van der Waals surface area contributed by atoms with Gasteiger partial charge in [-0.2, -0.15) is 12.6 Å². The van der Waals surface area contributed by atoms with Crippen molar-refractivity contribution in [3.05, 3.63) is 36.0 Å². The van der Waals surface area contributed by atoms with E-state index >= 15 is 0 Å². The molecule has 2 rings (SSSR count). The molecule has 1 atom stereocenters. The summed E-state index contributed by atoms with van der Waals surface area (Å²) < 4.78 is 0. The third-order valence-electron chi connectivity index (χ3n) is 2.74. The fourth-order valence-electron chi connectivity index (χ4n) is 1.83. The van der Waals surface area contributed by atoms with Crippen molar-refractivity contribution in [1.29, 1.82) is 0 Å². The second kappa shape index (κ2) is 4.75. The normalized spacial score (nSPS) is 13.2. The number of para-hydroxylation sites is 1. The highest BCUT2D eigenvalue weighted by Crippen LogP contribution is 2.27. The number of thiol groups is 1. The van der Waals surface area contributed by atoms with Crippen molar-refractivity contribution < 1.29 is 0 Å². The Labute approximate surface area is 96.3 Å². The van der Waals surface area contributed by atoms with Crippen LogP contribution in [0.4, 0.5) is 0 Å². The molecule has 15 heavy (non-hydrogen) atoms. The van der Waals surface area contributed by atoms with Gasteiger partial charge in [-0.3, -0.25) is 0 Å². The predicted molar refractivity (Wildman–Crippen MR) is 69.6 cm³/mol. The van der Waals surface area contributed by atoms with E-state index in [1.165, 1.54) is 29.4 Å². The SMILES string of the molecule is CCCCC(S)c1cc2ccccc2[nH]1. The molecule has 0 spiro atoms. The Morgan fingerprint density at radius 1 is 1.33 bits per heavy atom. The number of unbranched alkanes of at least 4 members (excludes halogenated alkanes) is 1. The molecule has 0 bridgehead atoms. The molecule has 2 aromatic rings. The van der Waals surface area contributed by atoms with E-state index in [1.807, 2.05) is 0 Å². The maximum Gasteiger partial charge on any atom is 0.0456 e. The van der Waals surface area contributed by atoms with E-state index in [9.17, 15) is 0 Å². The van der Waals surface area contributed by atoms with Gasteiger partial charge in [0, 0.05) is 16.5 Å². The fourth-order valence-corrected chi connectivity index (χ4v) is 2.15. The van der Waals surface area contributed by atoms with Crippen molar-refractivity contribution in [3.8, 4) is 0 Å². The zero-order chi connectivity index (χ0) is 10.7. The molecule has 0 amide bonds. The predicted octanol–water partition coefficient (Wildman–Crippen LogP) is 4.33. The van der Waals surface area contributed by atoms with Crippen molar-refractivity contribution >= 4 is 23.5 Å². The summed E-state index contributed by atoms with van der Waals surface area (Å²) in [4.78, 5) is 3.43. The van der Waals surface area contributed by atoms with Gasteiger partial charge in [-0.15, -0.1) is 0 Å². The van der Waals surface area contributed by atoms with Crippen LogP contribution in [0.15, 0.2) is 30.3 Å². The lowest BCUT2D eigenvalue weighted by molar-refractivity contribution is 0.702. The molecule has 1 nitrogen and oxygen atoms in total. The molecule has 0 aliphatic heterocycles. The van der Waals surface area contributed by atoms with Crippen LogP contribution in [0.1, 0.15) is 37.1 Å². The Kier molecular flexibility index (Phi) is 3.37. The molecule has 0 aliphatic carbocycles. The molecule has 1 unspecified atom stereocenters. The molecule has 0 saturated carbocycles. The summed E-state index contributed by atoms with van der Waals surface area (Å²) in [6.07, 6.45) is 3.62. The second-order valence-corrected chi connectivity index (χ2v) is 4.59. The van der Waals surface area contributed by atoms with Gasteiger partial charge in [0.1, 0.15) is 0 Å². The summed E-state index contributed by atoms with van der Waals surface area (Å²) >= 11 is 4.63. The van der Waals surface area contributed by atoms with Gasteiger partial charge >= 0.3 is 0 Å². The Morgan fingerprint density at radius 2 is 2.13 bits per heavy atom. The molecule has 0 saturated heterocycles. The second-order valence-electron chi connectivity index (χ2n) is 3.97. The fraction of sp³-hybridized carbons (Fsp3) is 0.385. The number of H-pyrrole nitrogens is 1. The number of hydrogen-bond donors (Lipinski definition) is 2. The van der Waals surface area contributed by atoms with Crippen molar-refractivity contribution in [3.63, 3.8) is 0 Å². The molecule has 0 aliphatic rings. The largest absolute Gasteiger partial charge is 0.357 e. The van der Waals surface area contributed by atoms with Crippen molar-refractivity contribution in [2.75, 3.05) is 0 Å². The van der Waals surface area contributed by atoms with E-state index < -0.39 is 0 Å². The maximum atomic E-state index is 4.63. The van der Waals surface area contributed by atoms with Gasteiger partial charge in [0.05, 0.1) is 0 Å². The van der Waals surface area contributed by atoms with Crippen molar-refractivity contribution in [1.82, 2.24) is 4.98 Å². The quantitative estimate of drug-likeness (QED) is 0.712. The monoisotopic (exact) mass is 219 g/mol. The van der Waals surface area contributed by atoms with Gasteiger partial charge in [0.2, 0.25) is 0 Å². The average Bonchev–Trinajstić information content (AvgIpc) is 2.69.